The third-order valence-electron chi connectivity index (χ3n) is 4.94. The molecular weight excluding hydrogens is 383 g/mol. The van der Waals surface area contributed by atoms with Gasteiger partial charge < -0.3 is 4.90 Å². The number of aromatic nitrogens is 3. The lowest BCUT2D eigenvalue weighted by Gasteiger charge is -2.19. The molecule has 0 aliphatic rings. The number of hydrogen-bond donors (Lipinski definition) is 0. The second-order valence-electron chi connectivity index (χ2n) is 6.89. The van der Waals surface area contributed by atoms with Gasteiger partial charge in [0, 0.05) is 31.2 Å². The molecule has 0 radical (unpaired) electrons. The fraction of sp³-hybridized carbons (Fsp3) is 0.130. The molecule has 2 aromatic heterocycles. The van der Waals surface area contributed by atoms with Crippen molar-refractivity contribution in [2.24, 2.45) is 0 Å². The number of carbonyl (C=O) groups is 1. The Bertz CT molecular complexity index is 1270. The number of fused-ring (bicyclic) bond motifs is 1. The van der Waals surface area contributed by atoms with Crippen molar-refractivity contribution >= 4 is 22.4 Å². The van der Waals surface area contributed by atoms with Crippen LogP contribution in [0.2, 0.25) is 0 Å². The van der Waals surface area contributed by atoms with Gasteiger partial charge in [0.25, 0.3) is 5.56 Å². The van der Waals surface area contributed by atoms with Crippen LogP contribution in [0.5, 0.6) is 0 Å². The van der Waals surface area contributed by atoms with Gasteiger partial charge in [0.2, 0.25) is 5.91 Å². The van der Waals surface area contributed by atoms with Crippen LogP contribution in [0.4, 0.5) is 10.1 Å². The second kappa shape index (κ2) is 8.24. The van der Waals surface area contributed by atoms with Crippen molar-refractivity contribution in [2.45, 2.75) is 13.0 Å². The standard InChI is InChI=1S/C23H19FN4O2/c1-27(21-9-5-4-8-19(21)24)22(29)15-28-23(30)18-7-3-2-6-17(18)20(26-28)14-16-10-12-25-13-11-16/h2-13H,14-15H2,1H3. The molecule has 0 atom stereocenters. The monoisotopic (exact) mass is 402 g/mol. The van der Waals surface area contributed by atoms with E-state index in [0.717, 1.165) is 15.6 Å². The molecule has 7 heteroatoms. The molecule has 0 spiro atoms. The molecule has 0 bridgehead atoms. The summed E-state index contributed by atoms with van der Waals surface area (Å²) in [5.74, 6) is -0.953. The van der Waals surface area contributed by atoms with E-state index in [2.05, 4.69) is 10.1 Å². The number of pyridine rings is 1. The molecule has 6 nitrogen and oxygen atoms in total. The summed E-state index contributed by atoms with van der Waals surface area (Å²) in [4.78, 5) is 30.9. The average molecular weight is 402 g/mol. The molecule has 4 rings (SSSR count). The molecule has 2 aromatic carbocycles. The van der Waals surface area contributed by atoms with Crippen LogP contribution < -0.4 is 10.5 Å². The molecule has 0 N–H and O–H groups in total. The largest absolute Gasteiger partial charge is 0.311 e. The first-order valence-corrected chi connectivity index (χ1v) is 9.43. The Labute approximate surface area is 172 Å². The zero-order valence-corrected chi connectivity index (χ0v) is 16.3. The summed E-state index contributed by atoms with van der Waals surface area (Å²) in [7, 11) is 1.48. The summed E-state index contributed by atoms with van der Waals surface area (Å²) in [5.41, 5.74) is 1.45. The highest BCUT2D eigenvalue weighted by Crippen LogP contribution is 2.19. The molecule has 4 aromatic rings. The first-order chi connectivity index (χ1) is 14.5. The third-order valence-corrected chi connectivity index (χ3v) is 4.94. The van der Waals surface area contributed by atoms with E-state index < -0.39 is 11.7 Å². The number of hydrogen-bond acceptors (Lipinski definition) is 4. The lowest BCUT2D eigenvalue weighted by molar-refractivity contribution is -0.119. The van der Waals surface area contributed by atoms with Crippen LogP contribution in [0.1, 0.15) is 11.3 Å². The molecule has 1 amide bonds. The van der Waals surface area contributed by atoms with Crippen LogP contribution in [0.15, 0.2) is 77.9 Å². The molecule has 0 aliphatic carbocycles. The Morgan fingerprint density at radius 2 is 1.67 bits per heavy atom. The topological polar surface area (TPSA) is 68.1 Å². The average Bonchev–Trinajstić information content (AvgIpc) is 2.77. The van der Waals surface area contributed by atoms with Crippen molar-refractivity contribution in [1.82, 2.24) is 14.8 Å². The molecule has 0 saturated carbocycles. The predicted octanol–water partition coefficient (Wildman–Crippen LogP) is 3.18. The number of halogens is 1. The van der Waals surface area contributed by atoms with Crippen LogP contribution >= 0.6 is 0 Å². The quantitative estimate of drug-likeness (QED) is 0.514. The van der Waals surface area contributed by atoms with Gasteiger partial charge in [-0.1, -0.05) is 30.3 Å². The molecule has 150 valence electrons. The fourth-order valence-electron chi connectivity index (χ4n) is 3.33. The Kier molecular flexibility index (Phi) is 5.34. The zero-order chi connectivity index (χ0) is 21.1. The highest BCUT2D eigenvalue weighted by Gasteiger charge is 2.18. The maximum atomic E-state index is 14.0. The molecule has 0 unspecified atom stereocenters. The Hall–Kier alpha value is -3.87. The van der Waals surface area contributed by atoms with Gasteiger partial charge in [-0.05, 0) is 35.9 Å². The van der Waals surface area contributed by atoms with Crippen molar-refractivity contribution in [3.05, 3.63) is 100 Å². The van der Waals surface area contributed by atoms with Crippen LogP contribution in [0, 0.1) is 5.82 Å². The van der Waals surface area contributed by atoms with E-state index >= 15 is 0 Å². The number of amides is 1. The maximum absolute atomic E-state index is 14.0. The Morgan fingerprint density at radius 3 is 2.40 bits per heavy atom. The summed E-state index contributed by atoms with van der Waals surface area (Å²) < 4.78 is 15.2. The Morgan fingerprint density at radius 1 is 1.00 bits per heavy atom. The van der Waals surface area contributed by atoms with Crippen molar-refractivity contribution in [1.29, 1.82) is 0 Å². The summed E-state index contributed by atoms with van der Waals surface area (Å²) in [6, 6.07) is 16.9. The van der Waals surface area contributed by atoms with Crippen molar-refractivity contribution in [2.75, 3.05) is 11.9 Å². The number of nitrogens with zero attached hydrogens (tertiary/aromatic N) is 4. The van der Waals surface area contributed by atoms with Crippen LogP contribution in [0.3, 0.4) is 0 Å². The maximum Gasteiger partial charge on any atom is 0.275 e. The summed E-state index contributed by atoms with van der Waals surface area (Å²) in [6.07, 6.45) is 3.88. The SMILES string of the molecule is CN(C(=O)Cn1nc(Cc2ccncc2)c2ccccc2c1=O)c1ccccc1F. The molecule has 0 fully saturated rings. The highest BCUT2D eigenvalue weighted by atomic mass is 19.1. The Balaban J connectivity index is 1.72. The lowest BCUT2D eigenvalue weighted by atomic mass is 10.1. The number of rotatable bonds is 5. The third kappa shape index (κ3) is 3.82. The van der Waals surface area contributed by atoms with E-state index in [4.69, 9.17) is 0 Å². The normalized spacial score (nSPS) is 10.9. The van der Waals surface area contributed by atoms with Gasteiger partial charge in [0.15, 0.2) is 0 Å². The van der Waals surface area contributed by atoms with E-state index in [9.17, 15) is 14.0 Å². The van der Waals surface area contributed by atoms with Gasteiger partial charge >= 0.3 is 0 Å². The first kappa shape index (κ1) is 19.4. The molecule has 0 saturated heterocycles. The van der Waals surface area contributed by atoms with Crippen molar-refractivity contribution in [3.63, 3.8) is 0 Å². The number of anilines is 1. The van der Waals surface area contributed by atoms with Gasteiger partial charge in [0.1, 0.15) is 12.4 Å². The lowest BCUT2D eigenvalue weighted by Crippen LogP contribution is -2.36. The van der Waals surface area contributed by atoms with Gasteiger partial charge in [-0.3, -0.25) is 14.6 Å². The zero-order valence-electron chi connectivity index (χ0n) is 16.3. The number of para-hydroxylation sites is 1. The van der Waals surface area contributed by atoms with Gasteiger partial charge in [-0.25, -0.2) is 9.07 Å². The van der Waals surface area contributed by atoms with E-state index in [1.807, 2.05) is 24.3 Å². The summed E-state index contributed by atoms with van der Waals surface area (Å²) in [6.45, 7) is -0.294. The van der Waals surface area contributed by atoms with Crippen molar-refractivity contribution < 1.29 is 9.18 Å². The minimum Gasteiger partial charge on any atom is -0.311 e. The molecule has 2 heterocycles. The van der Waals surface area contributed by atoms with Crippen LogP contribution in [-0.2, 0) is 17.8 Å². The summed E-state index contributed by atoms with van der Waals surface area (Å²) >= 11 is 0. The summed E-state index contributed by atoms with van der Waals surface area (Å²) in [5, 5.41) is 5.70. The van der Waals surface area contributed by atoms with E-state index in [0.29, 0.717) is 17.5 Å². The van der Waals surface area contributed by atoms with Crippen LogP contribution in [-0.4, -0.2) is 27.7 Å². The smallest absolute Gasteiger partial charge is 0.275 e. The second-order valence-corrected chi connectivity index (χ2v) is 6.89. The van der Waals surface area contributed by atoms with E-state index in [-0.39, 0.29) is 17.8 Å². The van der Waals surface area contributed by atoms with Crippen LogP contribution in [0.25, 0.3) is 10.8 Å². The van der Waals surface area contributed by atoms with Gasteiger partial charge in [0.05, 0.1) is 16.8 Å². The van der Waals surface area contributed by atoms with E-state index in [1.165, 1.54) is 24.1 Å². The predicted molar refractivity (Wildman–Crippen MR) is 113 cm³/mol. The van der Waals surface area contributed by atoms with Gasteiger partial charge in [-0.15, -0.1) is 0 Å². The molecule has 0 aliphatic heterocycles. The van der Waals surface area contributed by atoms with Crippen molar-refractivity contribution in [3.8, 4) is 0 Å². The fourth-order valence-corrected chi connectivity index (χ4v) is 3.33. The first-order valence-electron chi connectivity index (χ1n) is 9.43. The molecular formula is C23H19FN4O2. The van der Waals surface area contributed by atoms with E-state index in [1.54, 1.807) is 36.7 Å². The minimum atomic E-state index is -0.509. The number of likely N-dealkylation sites (N-methyl/N-ethyl adjacent to an activating group) is 1. The number of benzene rings is 2. The molecule has 30 heavy (non-hydrogen) atoms. The minimum absolute atomic E-state index is 0.147. The highest BCUT2D eigenvalue weighted by molar-refractivity contribution is 5.93. The number of carbonyl (C=O) groups excluding carboxylic acids is 1. The van der Waals surface area contributed by atoms with Gasteiger partial charge in [-0.2, -0.15) is 5.10 Å².